The molecule has 1 heterocycles. The van der Waals surface area contributed by atoms with Gasteiger partial charge in [0.2, 0.25) is 0 Å². The highest BCUT2D eigenvalue weighted by molar-refractivity contribution is 8.00. The molecule has 0 radical (unpaired) electrons. The van der Waals surface area contributed by atoms with E-state index in [0.29, 0.717) is 0 Å². The second-order valence-corrected chi connectivity index (χ2v) is 6.22. The Hall–Kier alpha value is -0.470. The third kappa shape index (κ3) is 2.99. The third-order valence-corrected chi connectivity index (χ3v) is 4.00. The Balaban J connectivity index is 2.11. The first-order chi connectivity index (χ1) is 7.04. The van der Waals surface area contributed by atoms with Gasteiger partial charge in [-0.3, -0.25) is 0 Å². The first kappa shape index (κ1) is 11.0. The fourth-order valence-electron chi connectivity index (χ4n) is 1.91. The van der Waals surface area contributed by atoms with E-state index in [2.05, 4.69) is 38.1 Å². The predicted octanol–water partition coefficient (Wildman–Crippen LogP) is 2.80. The van der Waals surface area contributed by atoms with Crippen LogP contribution in [0, 0.1) is 0 Å². The Kier molecular flexibility index (Phi) is 3.08. The third-order valence-electron chi connectivity index (χ3n) is 2.72. The van der Waals surface area contributed by atoms with E-state index in [1.165, 1.54) is 22.6 Å². The van der Waals surface area contributed by atoms with Crippen molar-refractivity contribution in [3.63, 3.8) is 0 Å². The Bertz CT molecular complexity index is 337. The van der Waals surface area contributed by atoms with Crippen molar-refractivity contribution in [2.75, 3.05) is 11.5 Å². The van der Waals surface area contributed by atoms with E-state index < -0.39 is 0 Å². The summed E-state index contributed by atoms with van der Waals surface area (Å²) in [5, 5.41) is 0. The lowest BCUT2D eigenvalue weighted by Gasteiger charge is -2.26. The van der Waals surface area contributed by atoms with E-state index in [1.807, 2.05) is 11.8 Å². The predicted molar refractivity (Wildman–Crippen MR) is 68.5 cm³/mol. The normalized spacial score (nSPS) is 17.5. The molecule has 0 aromatic heterocycles. The van der Waals surface area contributed by atoms with Crippen LogP contribution in [0.1, 0.15) is 30.9 Å². The molecule has 2 rings (SSSR count). The first-order valence-corrected chi connectivity index (χ1v) is 6.65. The van der Waals surface area contributed by atoms with E-state index in [1.54, 1.807) is 0 Å². The zero-order chi connectivity index (χ0) is 10.9. The molecular formula is C13H19NS. The van der Waals surface area contributed by atoms with Gasteiger partial charge in [0.05, 0.1) is 0 Å². The molecule has 82 valence electrons. The van der Waals surface area contributed by atoms with Crippen molar-refractivity contribution in [3.8, 4) is 0 Å². The number of benzene rings is 1. The molecular weight excluding hydrogens is 202 g/mol. The van der Waals surface area contributed by atoms with Crippen molar-refractivity contribution < 1.29 is 0 Å². The minimum atomic E-state index is -0.104. The number of thioether (sulfide) groups is 1. The quantitative estimate of drug-likeness (QED) is 0.849. The lowest BCUT2D eigenvalue weighted by atomic mass is 9.93. The summed E-state index contributed by atoms with van der Waals surface area (Å²) in [4.78, 5) is 0. The van der Waals surface area contributed by atoms with Gasteiger partial charge in [0.1, 0.15) is 0 Å². The van der Waals surface area contributed by atoms with Crippen molar-refractivity contribution >= 4 is 11.8 Å². The van der Waals surface area contributed by atoms with Gasteiger partial charge in [0.15, 0.2) is 0 Å². The monoisotopic (exact) mass is 221 g/mol. The average Bonchev–Trinajstić information content (AvgIpc) is 1.97. The zero-order valence-electron chi connectivity index (χ0n) is 9.49. The molecule has 1 nitrogen and oxygen atoms in total. The van der Waals surface area contributed by atoms with Crippen molar-refractivity contribution in [1.82, 2.24) is 0 Å². The highest BCUT2D eigenvalue weighted by Crippen LogP contribution is 2.34. The Morgan fingerprint density at radius 3 is 2.67 bits per heavy atom. The van der Waals surface area contributed by atoms with Gasteiger partial charge in [-0.25, -0.2) is 0 Å². The van der Waals surface area contributed by atoms with Crippen molar-refractivity contribution in [3.05, 3.63) is 35.4 Å². The van der Waals surface area contributed by atoms with E-state index in [4.69, 9.17) is 5.73 Å². The van der Waals surface area contributed by atoms with Crippen LogP contribution in [0.4, 0.5) is 0 Å². The molecule has 1 aliphatic rings. The molecule has 2 N–H and O–H groups in total. The van der Waals surface area contributed by atoms with Crippen molar-refractivity contribution in [2.24, 2.45) is 5.73 Å². The second kappa shape index (κ2) is 4.18. The molecule has 0 bridgehead atoms. The molecule has 15 heavy (non-hydrogen) atoms. The van der Waals surface area contributed by atoms with Crippen LogP contribution in [0.25, 0.3) is 0 Å². The van der Waals surface area contributed by atoms with Gasteiger partial charge in [-0.05, 0) is 31.4 Å². The lowest BCUT2D eigenvalue weighted by molar-refractivity contribution is 0.516. The highest BCUT2D eigenvalue weighted by Gasteiger charge is 2.20. The van der Waals surface area contributed by atoms with Gasteiger partial charge in [-0.15, -0.1) is 0 Å². The van der Waals surface area contributed by atoms with Gasteiger partial charge in [0, 0.05) is 23.0 Å². The van der Waals surface area contributed by atoms with Crippen LogP contribution in [-0.2, 0) is 6.42 Å². The first-order valence-electron chi connectivity index (χ1n) is 5.50. The summed E-state index contributed by atoms with van der Waals surface area (Å²) < 4.78 is 0. The summed E-state index contributed by atoms with van der Waals surface area (Å²) >= 11 is 2.03. The fraction of sp³-hybridized carbons (Fsp3) is 0.538. The molecule has 0 aliphatic carbocycles. The molecule has 0 saturated carbocycles. The summed E-state index contributed by atoms with van der Waals surface area (Å²) in [5.41, 5.74) is 8.80. The lowest BCUT2D eigenvalue weighted by Crippen LogP contribution is -2.34. The van der Waals surface area contributed by atoms with E-state index >= 15 is 0 Å². The summed E-state index contributed by atoms with van der Waals surface area (Å²) in [6.07, 6.45) is 0.959. The Labute approximate surface area is 96.4 Å². The molecule has 1 fully saturated rings. The Morgan fingerprint density at radius 2 is 2.13 bits per heavy atom. The minimum Gasteiger partial charge on any atom is -0.325 e. The summed E-state index contributed by atoms with van der Waals surface area (Å²) in [6, 6.07) is 8.93. The van der Waals surface area contributed by atoms with Gasteiger partial charge in [-0.1, -0.05) is 24.3 Å². The molecule has 1 aromatic carbocycles. The zero-order valence-corrected chi connectivity index (χ0v) is 10.3. The van der Waals surface area contributed by atoms with Gasteiger partial charge in [0.25, 0.3) is 0 Å². The standard InChI is InChI=1S/C13H19NS/c1-13(2,14)7-10-4-3-5-11(6-10)12-8-15-9-12/h3-6,12H,7-9,14H2,1-2H3. The number of nitrogens with two attached hydrogens (primary N) is 1. The van der Waals surface area contributed by atoms with Crippen LogP contribution in [0.2, 0.25) is 0 Å². The number of rotatable bonds is 3. The second-order valence-electron chi connectivity index (χ2n) is 5.14. The highest BCUT2D eigenvalue weighted by atomic mass is 32.2. The summed E-state index contributed by atoms with van der Waals surface area (Å²) in [6.45, 7) is 4.16. The fourth-order valence-corrected chi connectivity index (χ4v) is 2.77. The molecule has 1 aromatic rings. The van der Waals surface area contributed by atoms with Crippen molar-refractivity contribution in [2.45, 2.75) is 31.7 Å². The molecule has 0 atom stereocenters. The molecule has 0 unspecified atom stereocenters. The average molecular weight is 221 g/mol. The topological polar surface area (TPSA) is 26.0 Å². The SMILES string of the molecule is CC(C)(N)Cc1cccc(C2CSC2)c1. The molecule has 1 saturated heterocycles. The van der Waals surface area contributed by atoms with E-state index in [9.17, 15) is 0 Å². The largest absolute Gasteiger partial charge is 0.325 e. The molecule has 0 spiro atoms. The summed E-state index contributed by atoms with van der Waals surface area (Å²) in [7, 11) is 0. The van der Waals surface area contributed by atoms with E-state index in [-0.39, 0.29) is 5.54 Å². The van der Waals surface area contributed by atoms with Crippen LogP contribution in [0.3, 0.4) is 0 Å². The van der Waals surface area contributed by atoms with Crippen LogP contribution >= 0.6 is 11.8 Å². The maximum atomic E-state index is 6.04. The van der Waals surface area contributed by atoms with Crippen LogP contribution < -0.4 is 5.73 Å². The smallest absolute Gasteiger partial charge is 0.0138 e. The van der Waals surface area contributed by atoms with Gasteiger partial charge < -0.3 is 5.73 Å². The van der Waals surface area contributed by atoms with Crippen LogP contribution in [0.15, 0.2) is 24.3 Å². The van der Waals surface area contributed by atoms with E-state index in [0.717, 1.165) is 12.3 Å². The number of hydrogen-bond donors (Lipinski definition) is 1. The van der Waals surface area contributed by atoms with Crippen LogP contribution in [0.5, 0.6) is 0 Å². The minimum absolute atomic E-state index is 0.104. The molecule has 1 aliphatic heterocycles. The summed E-state index contributed by atoms with van der Waals surface area (Å²) in [5.74, 6) is 3.36. The number of hydrogen-bond acceptors (Lipinski definition) is 2. The maximum absolute atomic E-state index is 6.04. The van der Waals surface area contributed by atoms with Crippen LogP contribution in [-0.4, -0.2) is 17.0 Å². The van der Waals surface area contributed by atoms with Gasteiger partial charge in [-0.2, -0.15) is 11.8 Å². The molecule has 2 heteroatoms. The maximum Gasteiger partial charge on any atom is 0.0138 e. The van der Waals surface area contributed by atoms with Gasteiger partial charge >= 0.3 is 0 Å². The van der Waals surface area contributed by atoms with Crippen molar-refractivity contribution in [1.29, 1.82) is 0 Å². The Morgan fingerprint density at radius 1 is 1.40 bits per heavy atom. The molecule has 0 amide bonds.